The molecule has 0 unspecified atom stereocenters. The molecule has 5 heteroatoms. The molecular formula is C18H15ClN2O2. The first kappa shape index (κ1) is 15.3. The van der Waals surface area contributed by atoms with E-state index in [0.29, 0.717) is 21.8 Å². The highest BCUT2D eigenvalue weighted by molar-refractivity contribution is 6.36. The number of anilines is 1. The number of nitrogens with one attached hydrogen (secondary N) is 1. The van der Waals surface area contributed by atoms with Gasteiger partial charge in [0.25, 0.3) is 11.8 Å². The zero-order chi connectivity index (χ0) is 16.6. The molecule has 2 amide bonds. The van der Waals surface area contributed by atoms with Gasteiger partial charge in [0.05, 0.1) is 5.57 Å². The molecule has 1 N–H and O–H groups in total. The Bertz CT molecular complexity index is 828. The second-order valence-corrected chi connectivity index (χ2v) is 5.81. The van der Waals surface area contributed by atoms with Gasteiger partial charge in [-0.15, -0.1) is 0 Å². The predicted molar refractivity (Wildman–Crippen MR) is 91.0 cm³/mol. The summed E-state index contributed by atoms with van der Waals surface area (Å²) in [7, 11) is 1.48. The topological polar surface area (TPSA) is 49.4 Å². The molecule has 2 aromatic carbocycles. The van der Waals surface area contributed by atoms with Crippen molar-refractivity contribution in [1.29, 1.82) is 0 Å². The quantitative estimate of drug-likeness (QED) is 0.879. The first-order valence-corrected chi connectivity index (χ1v) is 7.52. The summed E-state index contributed by atoms with van der Waals surface area (Å²) >= 11 is 6.03. The molecule has 0 saturated carbocycles. The van der Waals surface area contributed by atoms with Gasteiger partial charge in [-0.1, -0.05) is 48.0 Å². The van der Waals surface area contributed by atoms with Crippen LogP contribution in [0.15, 0.2) is 54.2 Å². The SMILES string of the molecule is Cc1ccc(Cl)cc1NC1=C(c2ccccc2)C(=O)N(C)C1=O. The smallest absolute Gasteiger partial charge is 0.277 e. The second kappa shape index (κ2) is 5.89. The van der Waals surface area contributed by atoms with Crippen LogP contribution in [0.5, 0.6) is 0 Å². The summed E-state index contributed by atoms with van der Waals surface area (Å²) < 4.78 is 0. The van der Waals surface area contributed by atoms with Crippen molar-refractivity contribution in [1.82, 2.24) is 4.90 Å². The number of amides is 2. The van der Waals surface area contributed by atoms with Gasteiger partial charge in [-0.3, -0.25) is 14.5 Å². The average molecular weight is 327 g/mol. The van der Waals surface area contributed by atoms with Crippen LogP contribution >= 0.6 is 11.6 Å². The lowest BCUT2D eigenvalue weighted by atomic mass is 10.0. The number of halogens is 1. The van der Waals surface area contributed by atoms with E-state index >= 15 is 0 Å². The lowest BCUT2D eigenvalue weighted by Crippen LogP contribution is -2.28. The Morgan fingerprint density at radius 2 is 1.70 bits per heavy atom. The van der Waals surface area contributed by atoms with Crippen LogP contribution in [-0.4, -0.2) is 23.8 Å². The number of imide groups is 1. The van der Waals surface area contributed by atoms with Crippen molar-refractivity contribution in [2.24, 2.45) is 0 Å². The second-order valence-electron chi connectivity index (χ2n) is 5.37. The molecule has 0 atom stereocenters. The highest BCUT2D eigenvalue weighted by atomic mass is 35.5. The normalized spacial score (nSPS) is 14.7. The van der Waals surface area contributed by atoms with Crippen LogP contribution in [-0.2, 0) is 9.59 Å². The summed E-state index contributed by atoms with van der Waals surface area (Å²) in [6, 6.07) is 14.5. The van der Waals surface area contributed by atoms with Gasteiger partial charge in [-0.25, -0.2) is 0 Å². The number of rotatable bonds is 3. The predicted octanol–water partition coefficient (Wildman–Crippen LogP) is 3.47. The Labute approximate surface area is 139 Å². The monoisotopic (exact) mass is 326 g/mol. The number of carbonyl (C=O) groups excluding carboxylic acids is 2. The first-order valence-electron chi connectivity index (χ1n) is 7.14. The van der Waals surface area contributed by atoms with Gasteiger partial charge in [0.2, 0.25) is 0 Å². The third kappa shape index (κ3) is 2.73. The molecule has 1 aliphatic rings. The molecule has 3 rings (SSSR count). The third-order valence-electron chi connectivity index (χ3n) is 3.81. The van der Waals surface area contributed by atoms with Gasteiger partial charge in [-0.05, 0) is 30.2 Å². The standard InChI is InChI=1S/C18H15ClN2O2/c1-11-8-9-13(19)10-14(11)20-16-15(12-6-4-3-5-7-12)17(22)21(2)18(16)23/h3-10,20H,1-2H3. The lowest BCUT2D eigenvalue weighted by Gasteiger charge is -2.11. The van der Waals surface area contributed by atoms with Gasteiger partial charge in [0.1, 0.15) is 5.70 Å². The Hall–Kier alpha value is -2.59. The van der Waals surface area contributed by atoms with Gasteiger partial charge in [0, 0.05) is 17.8 Å². The molecule has 0 bridgehead atoms. The van der Waals surface area contributed by atoms with Gasteiger partial charge >= 0.3 is 0 Å². The zero-order valence-corrected chi connectivity index (χ0v) is 13.5. The van der Waals surface area contributed by atoms with Crippen molar-refractivity contribution in [3.63, 3.8) is 0 Å². The highest BCUT2D eigenvalue weighted by Crippen LogP contribution is 2.31. The number of likely N-dealkylation sites (N-methyl/N-ethyl adjacent to an activating group) is 1. The van der Waals surface area contributed by atoms with Crippen LogP contribution in [0.2, 0.25) is 5.02 Å². The summed E-state index contributed by atoms with van der Waals surface area (Å²) in [6.07, 6.45) is 0. The van der Waals surface area contributed by atoms with Crippen molar-refractivity contribution < 1.29 is 9.59 Å². The molecule has 0 spiro atoms. The van der Waals surface area contributed by atoms with Crippen LogP contribution < -0.4 is 5.32 Å². The Balaban J connectivity index is 2.12. The van der Waals surface area contributed by atoms with Crippen LogP contribution in [0, 0.1) is 6.92 Å². The first-order chi connectivity index (χ1) is 11.0. The van der Waals surface area contributed by atoms with E-state index in [2.05, 4.69) is 5.32 Å². The van der Waals surface area contributed by atoms with E-state index in [1.54, 1.807) is 12.1 Å². The third-order valence-corrected chi connectivity index (χ3v) is 4.04. The van der Waals surface area contributed by atoms with Crippen molar-refractivity contribution in [3.8, 4) is 0 Å². The maximum absolute atomic E-state index is 12.5. The lowest BCUT2D eigenvalue weighted by molar-refractivity contribution is -0.135. The van der Waals surface area contributed by atoms with Crippen molar-refractivity contribution in [2.75, 3.05) is 12.4 Å². The maximum atomic E-state index is 12.5. The van der Waals surface area contributed by atoms with Crippen LogP contribution in [0.1, 0.15) is 11.1 Å². The molecule has 0 saturated heterocycles. The number of nitrogens with zero attached hydrogens (tertiary/aromatic N) is 1. The number of benzene rings is 2. The average Bonchev–Trinajstić information content (AvgIpc) is 2.76. The number of carbonyl (C=O) groups is 2. The van der Waals surface area contributed by atoms with Crippen molar-refractivity contribution in [2.45, 2.75) is 6.92 Å². The summed E-state index contributed by atoms with van der Waals surface area (Å²) in [6.45, 7) is 1.91. The Morgan fingerprint density at radius 3 is 2.39 bits per heavy atom. The molecule has 116 valence electrons. The van der Waals surface area contributed by atoms with E-state index in [-0.39, 0.29) is 17.5 Å². The van der Waals surface area contributed by atoms with E-state index in [9.17, 15) is 9.59 Å². The fourth-order valence-corrected chi connectivity index (χ4v) is 2.67. The van der Waals surface area contributed by atoms with Crippen LogP contribution in [0.4, 0.5) is 5.69 Å². The minimum Gasteiger partial charge on any atom is -0.350 e. The molecule has 4 nitrogen and oxygen atoms in total. The molecule has 2 aromatic rings. The molecule has 1 heterocycles. The minimum atomic E-state index is -0.353. The van der Waals surface area contributed by atoms with E-state index in [1.165, 1.54) is 7.05 Å². The summed E-state index contributed by atoms with van der Waals surface area (Å²) in [5.41, 5.74) is 2.99. The van der Waals surface area contributed by atoms with Crippen LogP contribution in [0.25, 0.3) is 5.57 Å². The fourth-order valence-electron chi connectivity index (χ4n) is 2.49. The molecule has 0 fully saturated rings. The van der Waals surface area contributed by atoms with Crippen LogP contribution in [0.3, 0.4) is 0 Å². The Morgan fingerprint density at radius 1 is 1.00 bits per heavy atom. The van der Waals surface area contributed by atoms with E-state index < -0.39 is 0 Å². The highest BCUT2D eigenvalue weighted by Gasteiger charge is 2.36. The van der Waals surface area contributed by atoms with Gasteiger partial charge in [-0.2, -0.15) is 0 Å². The largest absolute Gasteiger partial charge is 0.350 e. The fraction of sp³-hybridized carbons (Fsp3) is 0.111. The molecule has 23 heavy (non-hydrogen) atoms. The van der Waals surface area contributed by atoms with E-state index in [1.807, 2.05) is 43.3 Å². The maximum Gasteiger partial charge on any atom is 0.277 e. The molecule has 1 aliphatic heterocycles. The zero-order valence-electron chi connectivity index (χ0n) is 12.8. The molecular weight excluding hydrogens is 312 g/mol. The number of hydrogen-bond donors (Lipinski definition) is 1. The molecule has 0 radical (unpaired) electrons. The van der Waals surface area contributed by atoms with Gasteiger partial charge < -0.3 is 5.32 Å². The van der Waals surface area contributed by atoms with E-state index in [0.717, 1.165) is 10.5 Å². The number of hydrogen-bond acceptors (Lipinski definition) is 3. The van der Waals surface area contributed by atoms with Gasteiger partial charge in [0.15, 0.2) is 0 Å². The van der Waals surface area contributed by atoms with E-state index in [4.69, 9.17) is 11.6 Å². The summed E-state index contributed by atoms with van der Waals surface area (Å²) in [5, 5.41) is 3.65. The molecule has 0 aromatic heterocycles. The summed E-state index contributed by atoms with van der Waals surface area (Å²) in [4.78, 5) is 26.0. The number of aryl methyl sites for hydroxylation is 1. The Kier molecular flexibility index (Phi) is 3.92. The molecule has 0 aliphatic carbocycles. The minimum absolute atomic E-state index is 0.272. The van der Waals surface area contributed by atoms with Crippen molar-refractivity contribution >= 4 is 34.7 Å². The van der Waals surface area contributed by atoms with Crippen molar-refractivity contribution in [3.05, 3.63) is 70.4 Å². The summed E-state index contributed by atoms with van der Waals surface area (Å²) in [5.74, 6) is -0.670.